The fourth-order valence-electron chi connectivity index (χ4n) is 2.06. The van der Waals surface area contributed by atoms with Crippen LogP contribution in [0, 0.1) is 0 Å². The molecule has 92 valence electrons. The molecule has 0 aliphatic rings. The molecule has 1 aromatic heterocycles. The van der Waals surface area contributed by atoms with E-state index in [4.69, 9.17) is 0 Å². The lowest BCUT2D eigenvalue weighted by Crippen LogP contribution is -2.27. The highest BCUT2D eigenvalue weighted by Gasteiger charge is 2.30. The van der Waals surface area contributed by atoms with Crippen LogP contribution in [0.25, 0.3) is 6.08 Å². The smallest absolute Gasteiger partial charge is 0.131 e. The van der Waals surface area contributed by atoms with E-state index in [1.807, 2.05) is 49.4 Å². The van der Waals surface area contributed by atoms with Crippen molar-refractivity contribution in [3.8, 4) is 0 Å². The molecule has 2 heteroatoms. The Labute approximate surface area is 108 Å². The summed E-state index contributed by atoms with van der Waals surface area (Å²) < 4.78 is 0. The number of nitrogens with zero attached hydrogens (tertiary/aromatic N) is 1. The highest BCUT2D eigenvalue weighted by molar-refractivity contribution is 5.49. The molecule has 1 unspecified atom stereocenters. The lowest BCUT2D eigenvalue weighted by atomic mass is 9.86. The molecule has 1 aromatic carbocycles. The van der Waals surface area contributed by atoms with Crippen molar-refractivity contribution in [3.05, 3.63) is 72.1 Å². The summed E-state index contributed by atoms with van der Waals surface area (Å²) in [4.78, 5) is 4.28. The van der Waals surface area contributed by atoms with E-state index in [2.05, 4.69) is 11.6 Å². The quantitative estimate of drug-likeness (QED) is 0.887. The Morgan fingerprint density at radius 1 is 1.28 bits per heavy atom. The molecule has 0 bridgehead atoms. The van der Waals surface area contributed by atoms with Crippen molar-refractivity contribution < 1.29 is 5.11 Å². The fraction of sp³-hybridized carbons (Fsp3) is 0.188. The topological polar surface area (TPSA) is 33.1 Å². The van der Waals surface area contributed by atoms with E-state index in [0.29, 0.717) is 12.1 Å². The summed E-state index contributed by atoms with van der Waals surface area (Å²) >= 11 is 0. The summed E-state index contributed by atoms with van der Waals surface area (Å²) in [5, 5.41) is 10.9. The first-order valence-electron chi connectivity index (χ1n) is 6.07. The molecule has 0 saturated heterocycles. The zero-order chi connectivity index (χ0) is 13.0. The Morgan fingerprint density at radius 2 is 2.11 bits per heavy atom. The monoisotopic (exact) mass is 239 g/mol. The summed E-state index contributed by atoms with van der Waals surface area (Å²) in [5.74, 6) is 0. The molecule has 0 spiro atoms. The Kier molecular flexibility index (Phi) is 3.58. The van der Waals surface area contributed by atoms with Crippen molar-refractivity contribution in [2.45, 2.75) is 18.9 Å². The second-order valence-corrected chi connectivity index (χ2v) is 4.26. The van der Waals surface area contributed by atoms with E-state index in [0.717, 1.165) is 11.1 Å². The van der Waals surface area contributed by atoms with Crippen LogP contribution < -0.4 is 0 Å². The molecule has 1 atom stereocenters. The lowest BCUT2D eigenvalue weighted by molar-refractivity contribution is 0.0719. The first-order chi connectivity index (χ1) is 8.70. The molecule has 0 saturated carbocycles. The first kappa shape index (κ1) is 12.5. The molecule has 0 aliphatic carbocycles. The van der Waals surface area contributed by atoms with Gasteiger partial charge in [-0.25, -0.2) is 0 Å². The van der Waals surface area contributed by atoms with Crippen molar-refractivity contribution in [2.75, 3.05) is 0 Å². The summed E-state index contributed by atoms with van der Waals surface area (Å²) in [7, 11) is 0. The van der Waals surface area contributed by atoms with E-state index >= 15 is 0 Å². The highest BCUT2D eigenvalue weighted by Crippen LogP contribution is 2.31. The summed E-state index contributed by atoms with van der Waals surface area (Å²) in [6, 6.07) is 13.3. The number of pyridine rings is 1. The average molecular weight is 239 g/mol. The standard InChI is InChI=1S/C16H17NO/c1-3-13-8-7-9-14(12-13)16(18,4-2)15-10-5-6-11-17-15/h3,5-12,18H,1,4H2,2H3. The van der Waals surface area contributed by atoms with Gasteiger partial charge >= 0.3 is 0 Å². The number of aromatic nitrogens is 1. The van der Waals surface area contributed by atoms with Crippen LogP contribution in [0.15, 0.2) is 55.2 Å². The van der Waals surface area contributed by atoms with Crippen LogP contribution in [-0.4, -0.2) is 10.1 Å². The molecule has 18 heavy (non-hydrogen) atoms. The number of hydrogen-bond acceptors (Lipinski definition) is 2. The molecule has 0 radical (unpaired) electrons. The minimum Gasteiger partial charge on any atom is -0.379 e. The molecular formula is C16H17NO. The predicted molar refractivity (Wildman–Crippen MR) is 74.1 cm³/mol. The van der Waals surface area contributed by atoms with Crippen LogP contribution in [-0.2, 0) is 5.60 Å². The Bertz CT molecular complexity index is 536. The molecule has 0 aliphatic heterocycles. The number of hydrogen-bond donors (Lipinski definition) is 1. The third-order valence-electron chi connectivity index (χ3n) is 3.20. The van der Waals surface area contributed by atoms with Gasteiger partial charge in [-0.15, -0.1) is 0 Å². The molecule has 0 fully saturated rings. The maximum atomic E-state index is 10.9. The highest BCUT2D eigenvalue weighted by atomic mass is 16.3. The molecule has 1 N–H and O–H groups in total. The normalized spacial score (nSPS) is 13.9. The summed E-state index contributed by atoms with van der Waals surface area (Å²) in [5.41, 5.74) is 1.48. The van der Waals surface area contributed by atoms with Crippen molar-refractivity contribution in [2.24, 2.45) is 0 Å². The largest absolute Gasteiger partial charge is 0.379 e. The lowest BCUT2D eigenvalue weighted by Gasteiger charge is -2.27. The van der Waals surface area contributed by atoms with Gasteiger partial charge in [0.15, 0.2) is 0 Å². The number of benzene rings is 1. The maximum absolute atomic E-state index is 10.9. The zero-order valence-electron chi connectivity index (χ0n) is 10.5. The van der Waals surface area contributed by atoms with Crippen LogP contribution in [0.1, 0.15) is 30.2 Å². The third-order valence-corrected chi connectivity index (χ3v) is 3.20. The van der Waals surface area contributed by atoms with Gasteiger partial charge in [0.1, 0.15) is 5.60 Å². The second kappa shape index (κ2) is 5.15. The molecule has 1 heterocycles. The van der Waals surface area contributed by atoms with Gasteiger partial charge in [-0.05, 0) is 35.7 Å². The van der Waals surface area contributed by atoms with Crippen LogP contribution >= 0.6 is 0 Å². The van der Waals surface area contributed by atoms with Gasteiger partial charge in [0.05, 0.1) is 5.69 Å². The molecule has 0 amide bonds. The van der Waals surface area contributed by atoms with Crippen LogP contribution in [0.4, 0.5) is 0 Å². The molecule has 2 aromatic rings. The van der Waals surface area contributed by atoms with E-state index in [1.54, 1.807) is 12.3 Å². The zero-order valence-corrected chi connectivity index (χ0v) is 10.5. The van der Waals surface area contributed by atoms with Gasteiger partial charge in [0.2, 0.25) is 0 Å². The molecule has 2 rings (SSSR count). The van der Waals surface area contributed by atoms with E-state index in [1.165, 1.54) is 0 Å². The summed E-state index contributed by atoms with van der Waals surface area (Å²) in [6.45, 7) is 5.71. The average Bonchev–Trinajstić information content (AvgIpc) is 2.47. The number of aliphatic hydroxyl groups is 1. The van der Waals surface area contributed by atoms with Crippen LogP contribution in [0.3, 0.4) is 0 Å². The van der Waals surface area contributed by atoms with Crippen LogP contribution in [0.5, 0.6) is 0 Å². The van der Waals surface area contributed by atoms with Gasteiger partial charge in [0.25, 0.3) is 0 Å². The van der Waals surface area contributed by atoms with Gasteiger partial charge in [0, 0.05) is 6.20 Å². The second-order valence-electron chi connectivity index (χ2n) is 4.26. The molecular weight excluding hydrogens is 222 g/mol. The van der Waals surface area contributed by atoms with Crippen molar-refractivity contribution in [3.63, 3.8) is 0 Å². The van der Waals surface area contributed by atoms with Gasteiger partial charge in [-0.2, -0.15) is 0 Å². The minimum absolute atomic E-state index is 0.574. The van der Waals surface area contributed by atoms with Gasteiger partial charge < -0.3 is 5.11 Å². The Balaban J connectivity index is 2.52. The van der Waals surface area contributed by atoms with Crippen molar-refractivity contribution in [1.29, 1.82) is 0 Å². The third kappa shape index (κ3) is 2.20. The molecule has 2 nitrogen and oxygen atoms in total. The Hall–Kier alpha value is -1.93. The van der Waals surface area contributed by atoms with Crippen molar-refractivity contribution >= 4 is 6.08 Å². The predicted octanol–water partition coefficient (Wildman–Crippen LogP) is 3.37. The van der Waals surface area contributed by atoms with E-state index in [9.17, 15) is 5.11 Å². The fourth-order valence-corrected chi connectivity index (χ4v) is 2.06. The minimum atomic E-state index is -1.04. The van der Waals surface area contributed by atoms with E-state index < -0.39 is 5.60 Å². The van der Waals surface area contributed by atoms with Crippen molar-refractivity contribution in [1.82, 2.24) is 4.98 Å². The first-order valence-corrected chi connectivity index (χ1v) is 6.07. The van der Waals surface area contributed by atoms with Gasteiger partial charge in [-0.1, -0.05) is 43.8 Å². The Morgan fingerprint density at radius 3 is 2.72 bits per heavy atom. The maximum Gasteiger partial charge on any atom is 0.131 e. The SMILES string of the molecule is C=Cc1cccc(C(O)(CC)c2ccccn2)c1. The summed E-state index contributed by atoms with van der Waals surface area (Å²) in [6.07, 6.45) is 4.05. The van der Waals surface area contributed by atoms with Gasteiger partial charge in [-0.3, -0.25) is 4.98 Å². The van der Waals surface area contributed by atoms with E-state index in [-0.39, 0.29) is 0 Å². The number of rotatable bonds is 4. The van der Waals surface area contributed by atoms with Crippen LogP contribution in [0.2, 0.25) is 0 Å².